The van der Waals surface area contributed by atoms with Gasteiger partial charge in [0.2, 0.25) is 0 Å². The van der Waals surface area contributed by atoms with Gasteiger partial charge in [0.25, 0.3) is 0 Å². The molecule has 1 nitrogen and oxygen atoms in total. The number of aromatic nitrogens is 1. The van der Waals surface area contributed by atoms with Gasteiger partial charge >= 0.3 is 0 Å². The molecule has 0 aliphatic rings. The fourth-order valence-electron chi connectivity index (χ4n) is 4.16. The van der Waals surface area contributed by atoms with E-state index < -0.39 is 31.3 Å². The molecule has 0 spiro atoms. The van der Waals surface area contributed by atoms with Crippen molar-refractivity contribution < 1.29 is 0 Å². The minimum Gasteiger partial charge on any atom is -0.256 e. The third kappa shape index (κ3) is 5.40. The van der Waals surface area contributed by atoms with E-state index in [1.807, 2.05) is 53.7 Å². The molecule has 180 valence electrons. The molecule has 0 aliphatic heterocycles. The number of hydrogen-bond donors (Lipinski definition) is 0. The van der Waals surface area contributed by atoms with Crippen molar-refractivity contribution in [3.8, 4) is 22.4 Å². The lowest BCUT2D eigenvalue weighted by molar-refractivity contribution is 0.335. The van der Waals surface area contributed by atoms with E-state index in [0.29, 0.717) is 11.1 Å². The van der Waals surface area contributed by atoms with Crippen LogP contribution in [-0.2, 0) is 10.4 Å². The number of nitrogens with zero attached hydrogens (tertiary/aromatic N) is 1. The van der Waals surface area contributed by atoms with E-state index in [4.69, 9.17) is 36.4 Å². The Balaban J connectivity index is 2.31. The minimum atomic E-state index is -1.19. The molecule has 6 heteroatoms. The zero-order valence-electron chi connectivity index (χ0n) is 23.4. The average molecular weight is 487 g/mol. The van der Waals surface area contributed by atoms with Gasteiger partial charge in [-0.1, -0.05) is 93.9 Å². The molecule has 8 radical (unpaired) electrons. The van der Waals surface area contributed by atoms with Gasteiger partial charge in [-0.25, -0.2) is 10.0 Å². The van der Waals surface area contributed by atoms with Crippen LogP contribution in [0.4, 0.5) is 0 Å². The molecule has 3 rings (SSSR count). The van der Waals surface area contributed by atoms with E-state index in [1.165, 1.54) is 16.0 Å². The Kier molecular flexibility index (Phi) is 7.59. The quantitative estimate of drug-likeness (QED) is 0.373. The van der Waals surface area contributed by atoms with Crippen molar-refractivity contribution in [2.75, 3.05) is 18.8 Å². The van der Waals surface area contributed by atoms with E-state index in [2.05, 4.69) is 61.2 Å². The summed E-state index contributed by atoms with van der Waals surface area (Å²) in [6.07, 6.45) is 8.71. The molecular formula is C30H37B4NS. The Bertz CT molecular complexity index is 1230. The van der Waals surface area contributed by atoms with E-state index in [1.54, 1.807) is 6.20 Å². The highest BCUT2D eigenvalue weighted by atomic mass is 32.3. The first kappa shape index (κ1) is 28.8. The first-order valence-corrected chi connectivity index (χ1v) is 15.2. The molecule has 0 amide bonds. The summed E-state index contributed by atoms with van der Waals surface area (Å²) in [4.78, 5) is 6.20. The van der Waals surface area contributed by atoms with Crippen molar-refractivity contribution in [3.05, 3.63) is 71.9 Å². The molecule has 36 heavy (non-hydrogen) atoms. The molecule has 2 aromatic carbocycles. The lowest BCUT2D eigenvalue weighted by Gasteiger charge is -2.48. The Labute approximate surface area is 226 Å². The van der Waals surface area contributed by atoms with Crippen molar-refractivity contribution in [2.45, 2.75) is 56.9 Å². The lowest BCUT2D eigenvalue weighted by Crippen LogP contribution is -2.47. The van der Waals surface area contributed by atoms with Crippen molar-refractivity contribution >= 4 is 41.4 Å². The standard InChI is InChI=1S/C30H37B4NS/c1-27(2,3)29(31,32)23-18-25(35-19-24(23)30(33,34)28(4,5)6)21-15-16-26(36(7,8)9)22(17-21)20-13-11-10-12-14-20/h10-19H,1-9H3. The molecule has 0 aliphatic carbocycles. The largest absolute Gasteiger partial charge is 0.256 e. The summed E-state index contributed by atoms with van der Waals surface area (Å²) in [5, 5.41) is -2.37. The summed E-state index contributed by atoms with van der Waals surface area (Å²) in [5.74, 6) is 0. The zero-order valence-corrected chi connectivity index (χ0v) is 24.3. The molecule has 0 unspecified atom stereocenters. The van der Waals surface area contributed by atoms with Crippen LogP contribution in [0.5, 0.6) is 0 Å². The van der Waals surface area contributed by atoms with Crippen LogP contribution in [0.3, 0.4) is 0 Å². The summed E-state index contributed by atoms with van der Waals surface area (Å²) < 4.78 is 0. The van der Waals surface area contributed by atoms with Crippen LogP contribution in [-0.4, -0.2) is 55.1 Å². The van der Waals surface area contributed by atoms with E-state index in [-0.39, 0.29) is 0 Å². The van der Waals surface area contributed by atoms with Crippen molar-refractivity contribution in [2.24, 2.45) is 10.8 Å². The topological polar surface area (TPSA) is 12.9 Å². The summed E-state index contributed by atoms with van der Waals surface area (Å²) in [7, 11) is 26.2. The van der Waals surface area contributed by atoms with Gasteiger partial charge < -0.3 is 0 Å². The highest BCUT2D eigenvalue weighted by molar-refractivity contribution is 8.32. The average Bonchev–Trinajstić information content (AvgIpc) is 2.76. The van der Waals surface area contributed by atoms with E-state index in [0.717, 1.165) is 11.3 Å². The predicted octanol–water partition coefficient (Wildman–Crippen LogP) is 6.54. The maximum Gasteiger partial charge on any atom is 0.0704 e. The first-order valence-electron chi connectivity index (χ1n) is 12.3. The normalized spacial score (nSPS) is 14.0. The van der Waals surface area contributed by atoms with Gasteiger partial charge in [-0.05, 0) is 69.4 Å². The molecule has 1 heterocycles. The Morgan fingerprint density at radius 3 is 1.67 bits per heavy atom. The molecule has 0 fully saturated rings. The fourth-order valence-corrected chi connectivity index (χ4v) is 5.47. The number of hydrogen-bond acceptors (Lipinski definition) is 1. The van der Waals surface area contributed by atoms with E-state index in [9.17, 15) is 0 Å². The predicted molar refractivity (Wildman–Crippen MR) is 164 cm³/mol. The number of rotatable bonds is 5. The Morgan fingerprint density at radius 1 is 0.639 bits per heavy atom. The summed E-state index contributed by atoms with van der Waals surface area (Å²) in [6.45, 7) is 12.1. The van der Waals surface area contributed by atoms with E-state index >= 15 is 0 Å². The van der Waals surface area contributed by atoms with Crippen LogP contribution in [0.2, 0.25) is 0 Å². The fraction of sp³-hybridized carbons (Fsp3) is 0.433. The lowest BCUT2D eigenvalue weighted by atomic mass is 9.35. The molecule has 0 bridgehead atoms. The SMILES string of the molecule is [B]C([B])(c1cnc(-c2ccc(S(C)(C)C)c(-c3ccccc3)c2)cc1C([B])([B])C(C)(C)C)C(C)(C)C. The van der Waals surface area contributed by atoms with Gasteiger partial charge in [-0.3, -0.25) is 4.98 Å². The van der Waals surface area contributed by atoms with Crippen LogP contribution >= 0.6 is 10.0 Å². The van der Waals surface area contributed by atoms with Crippen LogP contribution < -0.4 is 0 Å². The third-order valence-corrected chi connectivity index (χ3v) is 8.97. The minimum absolute atomic E-state index is 0.448. The zero-order chi connectivity index (χ0) is 27.3. The van der Waals surface area contributed by atoms with Crippen molar-refractivity contribution in [1.29, 1.82) is 0 Å². The van der Waals surface area contributed by atoms with Crippen molar-refractivity contribution in [1.82, 2.24) is 4.98 Å². The maximum atomic E-state index is 6.85. The second-order valence-corrected chi connectivity index (χ2v) is 16.9. The smallest absolute Gasteiger partial charge is 0.0704 e. The van der Waals surface area contributed by atoms with Crippen molar-refractivity contribution in [3.63, 3.8) is 0 Å². The highest BCUT2D eigenvalue weighted by Crippen LogP contribution is 2.51. The molecule has 1 aromatic heterocycles. The number of benzene rings is 2. The summed E-state index contributed by atoms with van der Waals surface area (Å²) >= 11 is 0. The summed E-state index contributed by atoms with van der Waals surface area (Å²) in [5.41, 5.74) is 4.66. The van der Waals surface area contributed by atoms with Gasteiger partial charge in [0, 0.05) is 11.8 Å². The van der Waals surface area contributed by atoms with Crippen LogP contribution in [0.15, 0.2) is 65.7 Å². The molecule has 0 atom stereocenters. The molecule has 0 saturated heterocycles. The molecule has 0 saturated carbocycles. The number of pyridine rings is 1. The van der Waals surface area contributed by atoms with Gasteiger partial charge in [0.1, 0.15) is 0 Å². The first-order chi connectivity index (χ1) is 16.3. The Morgan fingerprint density at radius 2 is 1.17 bits per heavy atom. The third-order valence-electron chi connectivity index (χ3n) is 7.30. The van der Waals surface area contributed by atoms with Crippen LogP contribution in [0.25, 0.3) is 22.4 Å². The monoisotopic (exact) mass is 487 g/mol. The second-order valence-electron chi connectivity index (χ2n) is 12.8. The Hall–Kier alpha value is -1.80. The summed E-state index contributed by atoms with van der Waals surface area (Å²) in [6, 6.07) is 19.1. The molecule has 3 aromatic rings. The van der Waals surface area contributed by atoms with Gasteiger partial charge in [0.05, 0.1) is 37.1 Å². The molecule has 0 N–H and O–H groups in total. The highest BCUT2D eigenvalue weighted by Gasteiger charge is 2.41. The van der Waals surface area contributed by atoms with Gasteiger partial charge in [-0.15, -0.1) is 0 Å². The van der Waals surface area contributed by atoms with Gasteiger partial charge in [0.15, 0.2) is 0 Å². The van der Waals surface area contributed by atoms with Crippen LogP contribution in [0, 0.1) is 10.8 Å². The maximum absolute atomic E-state index is 6.85. The molecular weight excluding hydrogens is 450 g/mol. The van der Waals surface area contributed by atoms with Crippen LogP contribution in [0.1, 0.15) is 52.7 Å². The van der Waals surface area contributed by atoms with Gasteiger partial charge in [-0.2, -0.15) is 0 Å². The second kappa shape index (κ2) is 9.50.